The van der Waals surface area contributed by atoms with E-state index in [1.807, 2.05) is 6.07 Å². The van der Waals surface area contributed by atoms with Crippen molar-refractivity contribution in [2.24, 2.45) is 5.73 Å². The quantitative estimate of drug-likeness (QED) is 0.812. The van der Waals surface area contributed by atoms with Crippen LogP contribution in [0.3, 0.4) is 0 Å². The largest absolute Gasteiger partial charge is 0.345 e. The van der Waals surface area contributed by atoms with Gasteiger partial charge in [-0.3, -0.25) is 9.78 Å². The molecule has 1 heterocycles. The summed E-state index contributed by atoms with van der Waals surface area (Å²) < 4.78 is 0. The summed E-state index contributed by atoms with van der Waals surface area (Å²) in [6.07, 6.45) is 4.42. The van der Waals surface area contributed by atoms with Gasteiger partial charge in [0.05, 0.1) is 0 Å². The Labute approximate surface area is 109 Å². The molecular weight excluding hydrogens is 226 g/mol. The molecule has 0 radical (unpaired) electrons. The number of amides is 1. The summed E-state index contributed by atoms with van der Waals surface area (Å²) in [6, 6.07) is 3.57. The Balaban J connectivity index is 2.80. The molecule has 0 fully saturated rings. The van der Waals surface area contributed by atoms with Crippen LogP contribution in [0.15, 0.2) is 18.3 Å². The summed E-state index contributed by atoms with van der Waals surface area (Å²) in [5.74, 6) is -0.107. The molecule has 1 aromatic rings. The van der Waals surface area contributed by atoms with E-state index in [1.165, 1.54) is 0 Å². The lowest BCUT2D eigenvalue weighted by Gasteiger charge is -2.31. The van der Waals surface area contributed by atoms with E-state index in [-0.39, 0.29) is 11.4 Å². The summed E-state index contributed by atoms with van der Waals surface area (Å²) in [7, 11) is 0. The SMILES string of the molecule is CCC(CC)(CC)NC(=O)c1ccc(CN)cn1. The minimum Gasteiger partial charge on any atom is -0.345 e. The maximum Gasteiger partial charge on any atom is 0.270 e. The summed E-state index contributed by atoms with van der Waals surface area (Å²) in [6.45, 7) is 6.73. The van der Waals surface area contributed by atoms with E-state index < -0.39 is 0 Å². The van der Waals surface area contributed by atoms with Crippen molar-refractivity contribution >= 4 is 5.91 Å². The fourth-order valence-corrected chi connectivity index (χ4v) is 2.00. The van der Waals surface area contributed by atoms with Gasteiger partial charge in [-0.1, -0.05) is 26.8 Å². The first-order valence-electron chi connectivity index (χ1n) is 6.58. The van der Waals surface area contributed by atoms with Crippen LogP contribution in [0.2, 0.25) is 0 Å². The molecule has 1 aromatic heterocycles. The van der Waals surface area contributed by atoms with Crippen molar-refractivity contribution in [1.82, 2.24) is 10.3 Å². The molecule has 1 rings (SSSR count). The number of aromatic nitrogens is 1. The Morgan fingerprint density at radius 2 is 1.89 bits per heavy atom. The lowest BCUT2D eigenvalue weighted by molar-refractivity contribution is 0.0883. The van der Waals surface area contributed by atoms with Gasteiger partial charge >= 0.3 is 0 Å². The molecule has 100 valence electrons. The van der Waals surface area contributed by atoms with Crippen molar-refractivity contribution < 1.29 is 4.79 Å². The predicted molar refractivity (Wildman–Crippen MR) is 73.2 cm³/mol. The van der Waals surface area contributed by atoms with E-state index >= 15 is 0 Å². The monoisotopic (exact) mass is 249 g/mol. The van der Waals surface area contributed by atoms with E-state index in [2.05, 4.69) is 31.1 Å². The molecule has 0 spiro atoms. The molecule has 0 saturated carbocycles. The minimum atomic E-state index is -0.120. The Bertz CT molecular complexity index is 374. The molecule has 4 nitrogen and oxygen atoms in total. The first-order chi connectivity index (χ1) is 8.60. The third-order valence-electron chi connectivity index (χ3n) is 3.70. The van der Waals surface area contributed by atoms with Crippen molar-refractivity contribution in [3.8, 4) is 0 Å². The molecule has 0 aliphatic heterocycles. The highest BCUT2D eigenvalue weighted by molar-refractivity contribution is 5.92. The van der Waals surface area contributed by atoms with Gasteiger partial charge in [-0.15, -0.1) is 0 Å². The zero-order chi connectivity index (χ0) is 13.6. The molecule has 0 aromatic carbocycles. The highest BCUT2D eigenvalue weighted by Gasteiger charge is 2.26. The standard InChI is InChI=1S/C14H23N3O/c1-4-14(5-2,6-3)17-13(18)12-8-7-11(9-15)10-16-12/h7-8,10H,4-6,9,15H2,1-3H3,(H,17,18). The normalized spacial score (nSPS) is 11.3. The van der Waals surface area contributed by atoms with Gasteiger partial charge in [0.2, 0.25) is 0 Å². The van der Waals surface area contributed by atoms with Crippen LogP contribution >= 0.6 is 0 Å². The van der Waals surface area contributed by atoms with E-state index in [0.717, 1.165) is 24.8 Å². The van der Waals surface area contributed by atoms with Gasteiger partial charge in [-0.25, -0.2) is 0 Å². The average Bonchev–Trinajstić information content (AvgIpc) is 2.45. The number of nitrogens with zero attached hydrogens (tertiary/aromatic N) is 1. The van der Waals surface area contributed by atoms with Crippen LogP contribution in [-0.4, -0.2) is 16.4 Å². The van der Waals surface area contributed by atoms with Crippen LogP contribution in [0.25, 0.3) is 0 Å². The highest BCUT2D eigenvalue weighted by Crippen LogP contribution is 2.19. The molecular formula is C14H23N3O. The van der Waals surface area contributed by atoms with Gasteiger partial charge in [0, 0.05) is 18.3 Å². The van der Waals surface area contributed by atoms with Gasteiger partial charge in [0.15, 0.2) is 0 Å². The van der Waals surface area contributed by atoms with Crippen LogP contribution in [-0.2, 0) is 6.54 Å². The van der Waals surface area contributed by atoms with Gasteiger partial charge in [0.1, 0.15) is 5.69 Å². The fraction of sp³-hybridized carbons (Fsp3) is 0.571. The Hall–Kier alpha value is -1.42. The van der Waals surface area contributed by atoms with E-state index in [1.54, 1.807) is 12.3 Å². The number of rotatable bonds is 6. The van der Waals surface area contributed by atoms with E-state index in [0.29, 0.717) is 12.2 Å². The van der Waals surface area contributed by atoms with Crippen LogP contribution < -0.4 is 11.1 Å². The molecule has 0 bridgehead atoms. The highest BCUT2D eigenvalue weighted by atomic mass is 16.2. The zero-order valence-electron chi connectivity index (χ0n) is 11.5. The second kappa shape index (κ2) is 6.50. The predicted octanol–water partition coefficient (Wildman–Crippen LogP) is 2.24. The number of nitrogens with two attached hydrogens (primary N) is 1. The molecule has 0 saturated heterocycles. The van der Waals surface area contributed by atoms with Crippen LogP contribution in [0, 0.1) is 0 Å². The molecule has 3 N–H and O–H groups in total. The molecule has 0 unspecified atom stereocenters. The molecule has 0 aliphatic rings. The van der Waals surface area contributed by atoms with E-state index in [4.69, 9.17) is 5.73 Å². The van der Waals surface area contributed by atoms with Crippen LogP contribution in [0.5, 0.6) is 0 Å². The maximum atomic E-state index is 12.1. The Morgan fingerprint density at radius 1 is 1.28 bits per heavy atom. The lowest BCUT2D eigenvalue weighted by atomic mass is 9.89. The second-order valence-electron chi connectivity index (χ2n) is 4.55. The first-order valence-corrected chi connectivity index (χ1v) is 6.58. The van der Waals surface area contributed by atoms with Gasteiger partial charge in [-0.2, -0.15) is 0 Å². The number of carbonyl (C=O) groups excluding carboxylic acids is 1. The van der Waals surface area contributed by atoms with Gasteiger partial charge < -0.3 is 11.1 Å². The third-order valence-corrected chi connectivity index (χ3v) is 3.70. The summed E-state index contributed by atoms with van der Waals surface area (Å²) in [5, 5.41) is 3.10. The summed E-state index contributed by atoms with van der Waals surface area (Å²) >= 11 is 0. The van der Waals surface area contributed by atoms with Crippen molar-refractivity contribution in [3.05, 3.63) is 29.6 Å². The molecule has 1 amide bonds. The van der Waals surface area contributed by atoms with Crippen LogP contribution in [0.1, 0.15) is 56.1 Å². The molecule has 4 heteroatoms. The fourth-order valence-electron chi connectivity index (χ4n) is 2.00. The van der Waals surface area contributed by atoms with Crippen molar-refractivity contribution in [2.75, 3.05) is 0 Å². The number of carbonyl (C=O) groups is 1. The van der Waals surface area contributed by atoms with E-state index in [9.17, 15) is 4.79 Å². The van der Waals surface area contributed by atoms with Gasteiger partial charge in [0.25, 0.3) is 5.91 Å². The zero-order valence-corrected chi connectivity index (χ0v) is 11.5. The van der Waals surface area contributed by atoms with Gasteiger partial charge in [-0.05, 0) is 30.9 Å². The smallest absolute Gasteiger partial charge is 0.270 e. The molecule has 0 aliphatic carbocycles. The lowest BCUT2D eigenvalue weighted by Crippen LogP contribution is -2.47. The Kier molecular flexibility index (Phi) is 5.28. The third kappa shape index (κ3) is 3.29. The number of pyridine rings is 1. The van der Waals surface area contributed by atoms with Crippen molar-refractivity contribution in [3.63, 3.8) is 0 Å². The molecule has 18 heavy (non-hydrogen) atoms. The molecule has 0 atom stereocenters. The number of hydrogen-bond acceptors (Lipinski definition) is 3. The van der Waals surface area contributed by atoms with Crippen molar-refractivity contribution in [2.45, 2.75) is 52.1 Å². The summed E-state index contributed by atoms with van der Waals surface area (Å²) in [5.41, 5.74) is 6.76. The second-order valence-corrected chi connectivity index (χ2v) is 4.55. The van der Waals surface area contributed by atoms with Crippen molar-refractivity contribution in [1.29, 1.82) is 0 Å². The van der Waals surface area contributed by atoms with Crippen LogP contribution in [0.4, 0.5) is 0 Å². The minimum absolute atomic E-state index is 0.107. The number of hydrogen-bond donors (Lipinski definition) is 2. The maximum absolute atomic E-state index is 12.1. The average molecular weight is 249 g/mol. The number of nitrogens with one attached hydrogen (secondary N) is 1. The summed E-state index contributed by atoms with van der Waals surface area (Å²) in [4.78, 5) is 16.3. The Morgan fingerprint density at radius 3 is 2.28 bits per heavy atom. The topological polar surface area (TPSA) is 68.0 Å². The first kappa shape index (κ1) is 14.6.